The van der Waals surface area contributed by atoms with E-state index in [-0.39, 0.29) is 24.7 Å². The molecular weight excluding hydrogens is 357 g/mol. The maximum absolute atomic E-state index is 14.1. The number of halogens is 3. The van der Waals surface area contributed by atoms with Gasteiger partial charge >= 0.3 is 5.69 Å². The molecule has 0 saturated heterocycles. The number of benzene rings is 2. The first-order valence-corrected chi connectivity index (χ1v) is 7.20. The highest BCUT2D eigenvalue weighted by molar-refractivity contribution is 6.06. The van der Waals surface area contributed by atoms with Crippen LogP contribution >= 0.6 is 0 Å². The lowest BCUT2D eigenvalue weighted by atomic mass is 10.1. The van der Waals surface area contributed by atoms with Crippen LogP contribution in [0, 0.1) is 27.6 Å². The molecule has 0 saturated carbocycles. The smallest absolute Gasteiger partial charge is 0.306 e. The summed E-state index contributed by atoms with van der Waals surface area (Å²) in [5.41, 5.74) is -1.78. The van der Waals surface area contributed by atoms with Crippen molar-refractivity contribution in [3.8, 4) is 5.75 Å². The van der Waals surface area contributed by atoms with E-state index in [1.807, 2.05) is 0 Å². The zero-order valence-electron chi connectivity index (χ0n) is 13.4. The van der Waals surface area contributed by atoms with Crippen LogP contribution in [0.1, 0.15) is 10.4 Å². The molecule has 2 aromatic carbocycles. The molecule has 0 fully saturated rings. The van der Waals surface area contributed by atoms with E-state index in [1.165, 1.54) is 7.11 Å². The van der Waals surface area contributed by atoms with Crippen molar-refractivity contribution in [1.29, 1.82) is 0 Å². The Morgan fingerprint density at radius 1 is 1.15 bits per heavy atom. The molecule has 0 aromatic heterocycles. The van der Waals surface area contributed by atoms with Crippen LogP contribution in [0.25, 0.3) is 0 Å². The topological polar surface area (TPSA) is 90.7 Å². The van der Waals surface area contributed by atoms with Crippen molar-refractivity contribution in [2.75, 3.05) is 25.6 Å². The molecule has 0 atom stereocenters. The Bertz CT molecular complexity index is 845. The van der Waals surface area contributed by atoms with E-state index >= 15 is 0 Å². The number of nitro benzene ring substituents is 1. The summed E-state index contributed by atoms with van der Waals surface area (Å²) in [6.07, 6.45) is 0. The van der Waals surface area contributed by atoms with Gasteiger partial charge in [-0.15, -0.1) is 0 Å². The number of rotatable bonds is 7. The average Bonchev–Trinajstić information content (AvgIpc) is 2.59. The standard InChI is InChI=1S/C16H13F3N2O5/c1-25-6-7-26-13-5-4-11(18)15(19)14(13)16(22)20-9-2-3-10(17)12(8-9)21(23)24/h2-5,8H,6-7H2,1H3,(H,20,22). The molecule has 0 aliphatic carbocycles. The molecule has 2 rings (SSSR count). The third-order valence-electron chi connectivity index (χ3n) is 3.23. The van der Waals surface area contributed by atoms with Crippen molar-refractivity contribution >= 4 is 17.3 Å². The molecule has 138 valence electrons. The summed E-state index contributed by atoms with van der Waals surface area (Å²) >= 11 is 0. The third kappa shape index (κ3) is 4.28. The highest BCUT2D eigenvalue weighted by Crippen LogP contribution is 2.27. The summed E-state index contributed by atoms with van der Waals surface area (Å²) in [6.45, 7) is 0.119. The molecule has 7 nitrogen and oxygen atoms in total. The highest BCUT2D eigenvalue weighted by atomic mass is 19.2. The van der Waals surface area contributed by atoms with Crippen LogP contribution < -0.4 is 10.1 Å². The summed E-state index contributed by atoms with van der Waals surface area (Å²) < 4.78 is 50.9. The van der Waals surface area contributed by atoms with Crippen LogP contribution in [0.4, 0.5) is 24.5 Å². The predicted molar refractivity (Wildman–Crippen MR) is 84.7 cm³/mol. The van der Waals surface area contributed by atoms with Crippen LogP contribution in [0.3, 0.4) is 0 Å². The van der Waals surface area contributed by atoms with Gasteiger partial charge in [0.05, 0.1) is 11.5 Å². The number of nitrogens with zero attached hydrogens (tertiary/aromatic N) is 1. The highest BCUT2D eigenvalue weighted by Gasteiger charge is 2.23. The van der Waals surface area contributed by atoms with E-state index in [1.54, 1.807) is 0 Å². The van der Waals surface area contributed by atoms with Crippen molar-refractivity contribution in [3.05, 3.63) is 63.5 Å². The molecule has 10 heteroatoms. The van der Waals surface area contributed by atoms with Crippen LogP contribution in [0.5, 0.6) is 5.75 Å². The Balaban J connectivity index is 2.33. The fraction of sp³-hybridized carbons (Fsp3) is 0.188. The van der Waals surface area contributed by atoms with Gasteiger partial charge in [-0.05, 0) is 24.3 Å². The first kappa shape index (κ1) is 19.2. The average molecular weight is 370 g/mol. The van der Waals surface area contributed by atoms with Gasteiger partial charge in [0.25, 0.3) is 5.91 Å². The fourth-order valence-electron chi connectivity index (χ4n) is 2.02. The van der Waals surface area contributed by atoms with E-state index < -0.39 is 39.5 Å². The lowest BCUT2D eigenvalue weighted by Gasteiger charge is -2.13. The van der Waals surface area contributed by atoms with Crippen molar-refractivity contribution in [3.63, 3.8) is 0 Å². The summed E-state index contributed by atoms with van der Waals surface area (Å²) in [5, 5.41) is 12.9. The number of hydrogen-bond donors (Lipinski definition) is 1. The van der Waals surface area contributed by atoms with E-state index in [0.29, 0.717) is 0 Å². The second-order valence-corrected chi connectivity index (χ2v) is 4.95. The maximum Gasteiger partial charge on any atom is 0.306 e. The Morgan fingerprint density at radius 3 is 2.50 bits per heavy atom. The molecule has 0 radical (unpaired) electrons. The minimum absolute atomic E-state index is 0.0239. The zero-order chi connectivity index (χ0) is 19.3. The summed E-state index contributed by atoms with van der Waals surface area (Å²) in [7, 11) is 1.41. The number of carbonyl (C=O) groups is 1. The molecule has 1 N–H and O–H groups in total. The van der Waals surface area contributed by atoms with Gasteiger partial charge in [-0.2, -0.15) is 4.39 Å². The molecule has 0 heterocycles. The second-order valence-electron chi connectivity index (χ2n) is 4.95. The normalized spacial score (nSPS) is 10.5. The maximum atomic E-state index is 14.1. The van der Waals surface area contributed by atoms with Gasteiger partial charge in [-0.25, -0.2) is 8.78 Å². The summed E-state index contributed by atoms with van der Waals surface area (Å²) in [6, 6.07) is 4.43. The first-order valence-electron chi connectivity index (χ1n) is 7.20. The number of nitrogens with one attached hydrogen (secondary N) is 1. The van der Waals surface area contributed by atoms with E-state index in [0.717, 1.165) is 30.3 Å². The third-order valence-corrected chi connectivity index (χ3v) is 3.23. The van der Waals surface area contributed by atoms with Gasteiger partial charge in [0.1, 0.15) is 17.9 Å². The lowest BCUT2D eigenvalue weighted by molar-refractivity contribution is -0.387. The SMILES string of the molecule is COCCOc1ccc(F)c(F)c1C(=O)Nc1ccc(F)c([N+](=O)[O-])c1. The fourth-order valence-corrected chi connectivity index (χ4v) is 2.02. The van der Waals surface area contributed by atoms with Gasteiger partial charge in [-0.1, -0.05) is 0 Å². The Kier molecular flexibility index (Phi) is 6.12. The number of anilines is 1. The van der Waals surface area contributed by atoms with E-state index in [9.17, 15) is 28.1 Å². The zero-order valence-corrected chi connectivity index (χ0v) is 13.4. The van der Waals surface area contributed by atoms with E-state index in [4.69, 9.17) is 9.47 Å². The van der Waals surface area contributed by atoms with Crippen LogP contribution in [0.2, 0.25) is 0 Å². The predicted octanol–water partition coefficient (Wildman–Crippen LogP) is 3.29. The molecule has 0 unspecified atom stereocenters. The quantitative estimate of drug-likeness (QED) is 0.459. The number of hydrogen-bond acceptors (Lipinski definition) is 5. The Hall–Kier alpha value is -3.14. The van der Waals surface area contributed by atoms with Crippen molar-refractivity contribution in [1.82, 2.24) is 0 Å². The van der Waals surface area contributed by atoms with Crippen molar-refractivity contribution in [2.24, 2.45) is 0 Å². The number of amides is 1. The minimum atomic E-state index is -1.45. The van der Waals surface area contributed by atoms with Crippen LogP contribution in [0.15, 0.2) is 30.3 Å². The van der Waals surface area contributed by atoms with Crippen molar-refractivity contribution < 1.29 is 32.4 Å². The minimum Gasteiger partial charge on any atom is -0.490 e. The number of nitro groups is 1. The molecule has 2 aromatic rings. The summed E-state index contributed by atoms with van der Waals surface area (Å²) in [5.74, 6) is -5.19. The van der Waals surface area contributed by atoms with E-state index in [2.05, 4.69) is 5.32 Å². The lowest BCUT2D eigenvalue weighted by Crippen LogP contribution is -2.17. The molecule has 0 bridgehead atoms. The van der Waals surface area contributed by atoms with Gasteiger partial charge in [0.2, 0.25) is 5.82 Å². The Labute approximate surface area is 145 Å². The van der Waals surface area contributed by atoms with Crippen LogP contribution in [-0.4, -0.2) is 31.2 Å². The van der Waals surface area contributed by atoms with Gasteiger partial charge in [0.15, 0.2) is 11.6 Å². The molecule has 1 amide bonds. The molecule has 26 heavy (non-hydrogen) atoms. The second kappa shape index (κ2) is 8.30. The van der Waals surface area contributed by atoms with Crippen LogP contribution in [-0.2, 0) is 4.74 Å². The van der Waals surface area contributed by atoms with Gasteiger partial charge in [0, 0.05) is 18.9 Å². The summed E-state index contributed by atoms with van der Waals surface area (Å²) in [4.78, 5) is 22.1. The largest absolute Gasteiger partial charge is 0.490 e. The van der Waals surface area contributed by atoms with Crippen molar-refractivity contribution in [2.45, 2.75) is 0 Å². The number of methoxy groups -OCH3 is 1. The van der Waals surface area contributed by atoms with Gasteiger partial charge in [-0.3, -0.25) is 14.9 Å². The van der Waals surface area contributed by atoms with Gasteiger partial charge < -0.3 is 14.8 Å². The number of carbonyl (C=O) groups excluding carboxylic acids is 1. The molecular formula is C16H13F3N2O5. The first-order chi connectivity index (χ1) is 12.3. The molecule has 0 aliphatic heterocycles. The number of ether oxygens (including phenoxy) is 2. The Morgan fingerprint density at radius 2 is 1.85 bits per heavy atom. The monoisotopic (exact) mass is 370 g/mol. The molecule has 0 spiro atoms. The molecule has 0 aliphatic rings.